The van der Waals surface area contributed by atoms with Crippen molar-refractivity contribution in [1.82, 2.24) is 5.32 Å². The van der Waals surface area contributed by atoms with Crippen LogP contribution in [-0.2, 0) is 14.3 Å². The molecule has 0 aromatic heterocycles. The van der Waals surface area contributed by atoms with Crippen LogP contribution in [0.1, 0.15) is 36.3 Å². The normalized spacial score (nSPS) is 16.1. The molecule has 1 saturated carbocycles. The minimum Gasteiger partial charge on any atom is -0.480 e. The maximum absolute atomic E-state index is 12.2. The molecule has 2 aliphatic carbocycles. The molecule has 6 nitrogen and oxygen atoms in total. The van der Waals surface area contributed by atoms with Crippen molar-refractivity contribution in [3.05, 3.63) is 59.7 Å². The fraction of sp³-hybridized carbons (Fsp3) is 0.364. The number of nitrogens with one attached hydrogen (secondary N) is 1. The van der Waals surface area contributed by atoms with Gasteiger partial charge < -0.3 is 19.9 Å². The van der Waals surface area contributed by atoms with Gasteiger partial charge in [-0.2, -0.15) is 0 Å². The zero-order valence-corrected chi connectivity index (χ0v) is 15.5. The molecule has 146 valence electrons. The van der Waals surface area contributed by atoms with Crippen LogP contribution >= 0.6 is 0 Å². The second kappa shape index (κ2) is 8.02. The van der Waals surface area contributed by atoms with Gasteiger partial charge in [-0.25, -0.2) is 9.59 Å². The van der Waals surface area contributed by atoms with Crippen LogP contribution in [0.15, 0.2) is 48.5 Å². The second-order valence-electron chi connectivity index (χ2n) is 7.22. The van der Waals surface area contributed by atoms with Gasteiger partial charge in [0, 0.05) is 18.9 Å². The molecular weight excluding hydrogens is 358 g/mol. The Kier molecular flexibility index (Phi) is 5.30. The van der Waals surface area contributed by atoms with E-state index in [1.165, 1.54) is 0 Å². The number of carboxylic acid groups (broad SMARTS) is 1. The lowest BCUT2D eigenvalue weighted by Gasteiger charge is -2.17. The van der Waals surface area contributed by atoms with Gasteiger partial charge in [0.15, 0.2) is 0 Å². The predicted molar refractivity (Wildman–Crippen MR) is 103 cm³/mol. The van der Waals surface area contributed by atoms with Crippen LogP contribution in [0.5, 0.6) is 0 Å². The number of hydrogen-bond acceptors (Lipinski definition) is 4. The highest BCUT2D eigenvalue weighted by atomic mass is 16.5. The lowest BCUT2D eigenvalue weighted by molar-refractivity contribution is -0.139. The maximum atomic E-state index is 12.2. The van der Waals surface area contributed by atoms with Crippen molar-refractivity contribution in [3.8, 4) is 11.1 Å². The monoisotopic (exact) mass is 381 g/mol. The van der Waals surface area contributed by atoms with Gasteiger partial charge in [-0.1, -0.05) is 48.5 Å². The molecule has 28 heavy (non-hydrogen) atoms. The number of ether oxygens (including phenoxy) is 2. The number of alkyl carbamates (subject to hydrolysis) is 1. The largest absolute Gasteiger partial charge is 0.480 e. The Morgan fingerprint density at radius 2 is 1.64 bits per heavy atom. The van der Waals surface area contributed by atoms with Crippen molar-refractivity contribution in [2.45, 2.75) is 37.3 Å². The van der Waals surface area contributed by atoms with Crippen LogP contribution in [0.25, 0.3) is 11.1 Å². The van der Waals surface area contributed by atoms with Crippen LogP contribution < -0.4 is 5.32 Å². The van der Waals surface area contributed by atoms with Crippen LogP contribution in [0.4, 0.5) is 4.79 Å². The van der Waals surface area contributed by atoms with E-state index in [1.54, 1.807) is 0 Å². The van der Waals surface area contributed by atoms with E-state index in [4.69, 9.17) is 9.47 Å². The van der Waals surface area contributed by atoms with Crippen LogP contribution in [0.2, 0.25) is 0 Å². The molecule has 2 aliphatic rings. The third kappa shape index (κ3) is 4.02. The van der Waals surface area contributed by atoms with E-state index in [9.17, 15) is 14.7 Å². The van der Waals surface area contributed by atoms with Gasteiger partial charge >= 0.3 is 12.1 Å². The molecule has 2 aromatic rings. The molecule has 2 aromatic carbocycles. The maximum Gasteiger partial charge on any atom is 0.407 e. The molecular formula is C22H23NO5. The third-order valence-electron chi connectivity index (χ3n) is 5.22. The topological polar surface area (TPSA) is 84.9 Å². The first-order chi connectivity index (χ1) is 13.6. The summed E-state index contributed by atoms with van der Waals surface area (Å²) in [6.07, 6.45) is 1.80. The third-order valence-corrected chi connectivity index (χ3v) is 5.22. The Bertz CT molecular complexity index is 831. The Morgan fingerprint density at radius 3 is 2.21 bits per heavy atom. The highest BCUT2D eigenvalue weighted by molar-refractivity contribution is 5.81. The number of fused-ring (bicyclic) bond motifs is 3. The minimum absolute atomic E-state index is 0.0559. The molecule has 0 aliphatic heterocycles. The Morgan fingerprint density at radius 1 is 1.04 bits per heavy atom. The number of amides is 1. The molecule has 2 N–H and O–H groups in total. The molecule has 6 heteroatoms. The molecule has 0 radical (unpaired) electrons. The van der Waals surface area contributed by atoms with Crippen molar-refractivity contribution < 1.29 is 24.2 Å². The highest BCUT2D eigenvalue weighted by Gasteiger charge is 2.30. The summed E-state index contributed by atoms with van der Waals surface area (Å²) in [5.41, 5.74) is 4.52. The van der Waals surface area contributed by atoms with Crippen LogP contribution in [0.3, 0.4) is 0 Å². The smallest absolute Gasteiger partial charge is 0.407 e. The van der Waals surface area contributed by atoms with E-state index in [0.29, 0.717) is 6.61 Å². The Labute approximate surface area is 163 Å². The van der Waals surface area contributed by atoms with E-state index in [1.807, 2.05) is 36.4 Å². The zero-order valence-electron chi connectivity index (χ0n) is 15.5. The first kappa shape index (κ1) is 18.5. The summed E-state index contributed by atoms with van der Waals surface area (Å²) in [5.74, 6) is -1.15. The number of rotatable bonds is 8. The van der Waals surface area contributed by atoms with Crippen molar-refractivity contribution in [3.63, 3.8) is 0 Å². The lowest BCUT2D eigenvalue weighted by atomic mass is 9.98. The van der Waals surface area contributed by atoms with E-state index in [0.717, 1.165) is 35.1 Å². The summed E-state index contributed by atoms with van der Waals surface area (Å²) < 4.78 is 10.9. The van der Waals surface area contributed by atoms with Gasteiger partial charge in [-0.15, -0.1) is 0 Å². The Hall–Kier alpha value is -2.86. The standard InChI is InChI=1S/C22H23NO5/c24-21(25)20(11-12-27-14-9-10-14)23-22(26)28-13-19-17-7-3-1-5-15(17)16-6-2-4-8-18(16)19/h1-8,14,19-20H,9-13H2,(H,23,26)(H,24,25). The van der Waals surface area contributed by atoms with Crippen molar-refractivity contribution in [2.24, 2.45) is 0 Å². The lowest BCUT2D eigenvalue weighted by Crippen LogP contribution is -2.42. The average Bonchev–Trinajstić information content (AvgIpc) is 3.47. The van der Waals surface area contributed by atoms with Gasteiger partial charge in [-0.3, -0.25) is 0 Å². The summed E-state index contributed by atoms with van der Waals surface area (Å²) in [7, 11) is 0. The SMILES string of the molecule is O=C(NC(CCOC1CC1)C(=O)O)OCC1c2ccccc2-c2ccccc21. The summed E-state index contributed by atoms with van der Waals surface area (Å²) in [4.78, 5) is 23.6. The van der Waals surface area contributed by atoms with E-state index < -0.39 is 18.1 Å². The van der Waals surface area contributed by atoms with E-state index in [-0.39, 0.29) is 25.0 Å². The molecule has 0 bridgehead atoms. The summed E-state index contributed by atoms with van der Waals surface area (Å²) in [6, 6.07) is 15.1. The number of carboxylic acids is 1. The molecule has 0 heterocycles. The second-order valence-corrected chi connectivity index (χ2v) is 7.22. The number of hydrogen-bond donors (Lipinski definition) is 2. The number of benzene rings is 2. The predicted octanol–water partition coefficient (Wildman–Crippen LogP) is 3.55. The first-order valence-electron chi connectivity index (χ1n) is 9.59. The molecule has 0 spiro atoms. The number of carbonyl (C=O) groups excluding carboxylic acids is 1. The van der Waals surface area contributed by atoms with Gasteiger partial charge in [0.25, 0.3) is 0 Å². The summed E-state index contributed by atoms with van der Waals surface area (Å²) in [5, 5.41) is 11.8. The highest BCUT2D eigenvalue weighted by Crippen LogP contribution is 2.44. The zero-order chi connectivity index (χ0) is 19.5. The Balaban J connectivity index is 1.36. The van der Waals surface area contributed by atoms with Crippen LogP contribution in [-0.4, -0.2) is 42.5 Å². The molecule has 1 amide bonds. The van der Waals surface area contributed by atoms with Crippen molar-refractivity contribution in [2.75, 3.05) is 13.2 Å². The van der Waals surface area contributed by atoms with Crippen molar-refractivity contribution in [1.29, 1.82) is 0 Å². The van der Waals surface area contributed by atoms with Gasteiger partial charge in [0.1, 0.15) is 12.6 Å². The summed E-state index contributed by atoms with van der Waals surface area (Å²) in [6.45, 7) is 0.468. The average molecular weight is 381 g/mol. The van der Waals surface area contributed by atoms with E-state index >= 15 is 0 Å². The number of carbonyl (C=O) groups is 2. The van der Waals surface area contributed by atoms with Gasteiger partial charge in [-0.05, 0) is 35.1 Å². The van der Waals surface area contributed by atoms with Crippen LogP contribution in [0, 0.1) is 0 Å². The molecule has 1 fully saturated rings. The minimum atomic E-state index is -1.09. The quantitative estimate of drug-likeness (QED) is 0.730. The molecule has 4 rings (SSSR count). The fourth-order valence-electron chi connectivity index (χ4n) is 3.63. The van der Waals surface area contributed by atoms with E-state index in [2.05, 4.69) is 17.4 Å². The number of aliphatic carboxylic acids is 1. The molecule has 1 unspecified atom stereocenters. The fourth-order valence-corrected chi connectivity index (χ4v) is 3.63. The van der Waals surface area contributed by atoms with Gasteiger partial charge in [0.05, 0.1) is 6.10 Å². The molecule has 1 atom stereocenters. The molecule has 0 saturated heterocycles. The van der Waals surface area contributed by atoms with Crippen molar-refractivity contribution >= 4 is 12.1 Å². The van der Waals surface area contributed by atoms with Gasteiger partial charge in [0.2, 0.25) is 0 Å². The first-order valence-corrected chi connectivity index (χ1v) is 9.59. The summed E-state index contributed by atoms with van der Waals surface area (Å²) >= 11 is 0.